The second kappa shape index (κ2) is 7.72. The molecule has 162 valence electrons. The van der Waals surface area contributed by atoms with Gasteiger partial charge >= 0.3 is 0 Å². The summed E-state index contributed by atoms with van der Waals surface area (Å²) < 4.78 is 61.6. The van der Waals surface area contributed by atoms with Crippen molar-refractivity contribution in [1.29, 1.82) is 0 Å². The number of aryl methyl sites for hydroxylation is 2. The van der Waals surface area contributed by atoms with Gasteiger partial charge in [0.25, 0.3) is 0 Å². The summed E-state index contributed by atoms with van der Waals surface area (Å²) in [5.74, 6) is 0. The molecule has 1 spiro atoms. The minimum Gasteiger partial charge on any atom is -0.358 e. The first kappa shape index (κ1) is 21.5. The Morgan fingerprint density at radius 1 is 0.867 bits per heavy atom. The minimum absolute atomic E-state index is 0.205. The van der Waals surface area contributed by atoms with E-state index in [1.54, 1.807) is 43.3 Å². The van der Waals surface area contributed by atoms with Crippen LogP contribution >= 0.6 is 0 Å². The lowest BCUT2D eigenvalue weighted by atomic mass is 10.0. The van der Waals surface area contributed by atoms with Crippen molar-refractivity contribution in [3.05, 3.63) is 59.7 Å². The normalized spacial score (nSPS) is 20.6. The van der Waals surface area contributed by atoms with Gasteiger partial charge in [-0.15, -0.1) is 0 Å². The third-order valence-corrected chi connectivity index (χ3v) is 9.92. The van der Waals surface area contributed by atoms with Gasteiger partial charge in [0.05, 0.1) is 16.4 Å². The molecule has 0 atom stereocenters. The van der Waals surface area contributed by atoms with Crippen LogP contribution in [0.2, 0.25) is 0 Å². The maximum Gasteiger partial charge on any atom is 0.245 e. The van der Waals surface area contributed by atoms with Gasteiger partial charge in [-0.2, -0.15) is 8.61 Å². The van der Waals surface area contributed by atoms with Crippen molar-refractivity contribution >= 4 is 20.0 Å². The number of sulfonamides is 2. The Hall–Kier alpha value is -1.78. The second-order valence-corrected chi connectivity index (χ2v) is 11.6. The van der Waals surface area contributed by atoms with Crippen molar-refractivity contribution < 1.29 is 21.6 Å². The zero-order valence-corrected chi connectivity index (χ0v) is 18.7. The lowest BCUT2D eigenvalue weighted by Gasteiger charge is -2.42. The number of nitrogens with zero attached hydrogens (tertiary/aromatic N) is 2. The predicted molar refractivity (Wildman–Crippen MR) is 113 cm³/mol. The Labute approximate surface area is 178 Å². The van der Waals surface area contributed by atoms with E-state index in [4.69, 9.17) is 4.74 Å². The van der Waals surface area contributed by atoms with Crippen LogP contribution < -0.4 is 0 Å². The summed E-state index contributed by atoms with van der Waals surface area (Å²) in [5, 5.41) is 0. The van der Waals surface area contributed by atoms with E-state index in [9.17, 15) is 16.8 Å². The number of hydrogen-bond donors (Lipinski definition) is 0. The fourth-order valence-corrected chi connectivity index (χ4v) is 7.74. The zero-order valence-electron chi connectivity index (χ0n) is 17.1. The third kappa shape index (κ3) is 3.58. The molecule has 0 bridgehead atoms. The van der Waals surface area contributed by atoms with E-state index in [2.05, 4.69) is 0 Å². The highest BCUT2D eigenvalue weighted by molar-refractivity contribution is 7.89. The van der Waals surface area contributed by atoms with Gasteiger partial charge in [0.15, 0.2) is 0 Å². The van der Waals surface area contributed by atoms with Crippen LogP contribution in [0.5, 0.6) is 0 Å². The summed E-state index contributed by atoms with van der Waals surface area (Å²) in [6, 6.07) is 13.7. The largest absolute Gasteiger partial charge is 0.358 e. The summed E-state index contributed by atoms with van der Waals surface area (Å²) in [5.41, 5.74) is 0.584. The first-order valence-corrected chi connectivity index (χ1v) is 12.8. The van der Waals surface area contributed by atoms with Gasteiger partial charge in [-0.25, -0.2) is 16.8 Å². The van der Waals surface area contributed by atoms with E-state index in [1.807, 2.05) is 19.1 Å². The Bertz CT molecular complexity index is 1140. The predicted octanol–water partition coefficient (Wildman–Crippen LogP) is 2.51. The van der Waals surface area contributed by atoms with Crippen molar-refractivity contribution in [2.24, 2.45) is 0 Å². The van der Waals surface area contributed by atoms with Gasteiger partial charge in [0.2, 0.25) is 20.0 Å². The maximum atomic E-state index is 13.2. The molecular weight excluding hydrogens is 424 g/mol. The van der Waals surface area contributed by atoms with Crippen LogP contribution in [0.15, 0.2) is 58.3 Å². The highest BCUT2D eigenvalue weighted by Crippen LogP contribution is 2.39. The summed E-state index contributed by atoms with van der Waals surface area (Å²) in [6.45, 7) is 4.62. The SMILES string of the molecule is Cc1ccc(C)c(S(=O)(=O)N2CCC3(CC2)OCCN3S(=O)(=O)c2ccccc2)c1. The smallest absolute Gasteiger partial charge is 0.245 e. The van der Waals surface area contributed by atoms with Gasteiger partial charge in [0.1, 0.15) is 5.72 Å². The van der Waals surface area contributed by atoms with Crippen LogP contribution in [-0.4, -0.2) is 57.4 Å². The molecule has 9 heteroatoms. The van der Waals surface area contributed by atoms with Crippen molar-refractivity contribution in [3.8, 4) is 0 Å². The summed E-state index contributed by atoms with van der Waals surface area (Å²) >= 11 is 0. The fraction of sp³-hybridized carbons (Fsp3) is 0.429. The molecule has 2 aliphatic heterocycles. The molecule has 2 aromatic rings. The zero-order chi connectivity index (χ0) is 21.6. The van der Waals surface area contributed by atoms with E-state index < -0.39 is 25.8 Å². The number of rotatable bonds is 4. The van der Waals surface area contributed by atoms with Crippen LogP contribution in [0.25, 0.3) is 0 Å². The molecule has 0 aliphatic carbocycles. The van der Waals surface area contributed by atoms with Crippen LogP contribution in [0.3, 0.4) is 0 Å². The Morgan fingerprint density at radius 3 is 2.20 bits per heavy atom. The van der Waals surface area contributed by atoms with E-state index in [0.29, 0.717) is 29.9 Å². The molecule has 2 fully saturated rings. The van der Waals surface area contributed by atoms with Crippen LogP contribution in [0.4, 0.5) is 0 Å². The molecule has 2 heterocycles. The van der Waals surface area contributed by atoms with Gasteiger partial charge in [-0.3, -0.25) is 0 Å². The highest BCUT2D eigenvalue weighted by atomic mass is 32.2. The lowest BCUT2D eigenvalue weighted by Crippen LogP contribution is -2.55. The van der Waals surface area contributed by atoms with Crippen LogP contribution in [0, 0.1) is 13.8 Å². The monoisotopic (exact) mass is 450 g/mol. The third-order valence-electron chi connectivity index (χ3n) is 5.92. The molecule has 2 aliphatic rings. The van der Waals surface area contributed by atoms with Gasteiger partial charge in [-0.05, 0) is 43.2 Å². The molecular formula is C21H26N2O5S2. The van der Waals surface area contributed by atoms with Gasteiger partial charge in [0, 0.05) is 32.5 Å². The molecule has 2 saturated heterocycles. The lowest BCUT2D eigenvalue weighted by molar-refractivity contribution is -0.0806. The Balaban J connectivity index is 1.58. The van der Waals surface area contributed by atoms with Crippen molar-refractivity contribution in [2.45, 2.75) is 42.2 Å². The molecule has 0 N–H and O–H groups in total. The van der Waals surface area contributed by atoms with Gasteiger partial charge < -0.3 is 4.74 Å². The molecule has 0 saturated carbocycles. The van der Waals surface area contributed by atoms with Crippen LogP contribution in [0.1, 0.15) is 24.0 Å². The Kier molecular flexibility index (Phi) is 5.52. The standard InChI is InChI=1S/C21H26N2O5S2/c1-17-8-9-18(2)20(16-17)30(26,27)22-12-10-21(11-13-22)23(14-15-28-21)29(24,25)19-6-4-3-5-7-19/h3-9,16H,10-15H2,1-2H3. The molecule has 4 rings (SSSR count). The summed E-state index contributed by atoms with van der Waals surface area (Å²) in [7, 11) is -7.38. The first-order chi connectivity index (χ1) is 14.2. The molecule has 0 radical (unpaired) electrons. The van der Waals surface area contributed by atoms with Crippen molar-refractivity contribution in [1.82, 2.24) is 8.61 Å². The highest BCUT2D eigenvalue weighted by Gasteiger charge is 2.51. The van der Waals surface area contributed by atoms with Crippen molar-refractivity contribution in [2.75, 3.05) is 26.2 Å². The van der Waals surface area contributed by atoms with Crippen LogP contribution in [-0.2, 0) is 24.8 Å². The Morgan fingerprint density at radius 2 is 1.53 bits per heavy atom. The van der Waals surface area contributed by atoms with E-state index in [0.717, 1.165) is 5.56 Å². The second-order valence-electron chi connectivity index (χ2n) is 7.86. The number of benzene rings is 2. The molecule has 30 heavy (non-hydrogen) atoms. The first-order valence-electron chi connectivity index (χ1n) is 9.96. The molecule has 7 nitrogen and oxygen atoms in total. The number of piperidine rings is 1. The topological polar surface area (TPSA) is 84.0 Å². The molecule has 0 amide bonds. The molecule has 2 aromatic carbocycles. The number of hydrogen-bond acceptors (Lipinski definition) is 5. The van der Waals surface area contributed by atoms with E-state index in [-0.39, 0.29) is 24.5 Å². The average Bonchev–Trinajstić information content (AvgIpc) is 3.14. The maximum absolute atomic E-state index is 13.2. The number of ether oxygens (including phenoxy) is 1. The van der Waals surface area contributed by atoms with E-state index in [1.165, 1.54) is 8.61 Å². The summed E-state index contributed by atoms with van der Waals surface area (Å²) in [4.78, 5) is 0.528. The fourth-order valence-electron chi connectivity index (χ4n) is 4.25. The summed E-state index contributed by atoms with van der Waals surface area (Å²) in [6.07, 6.45) is 0.590. The molecule has 0 aromatic heterocycles. The van der Waals surface area contributed by atoms with Gasteiger partial charge in [-0.1, -0.05) is 30.3 Å². The van der Waals surface area contributed by atoms with Crippen molar-refractivity contribution in [3.63, 3.8) is 0 Å². The molecule has 0 unspecified atom stereocenters. The minimum atomic E-state index is -3.72. The average molecular weight is 451 g/mol. The van der Waals surface area contributed by atoms with E-state index >= 15 is 0 Å². The quantitative estimate of drug-likeness (QED) is 0.715.